The molecule has 0 aliphatic carbocycles. The Morgan fingerprint density at radius 2 is 1.89 bits per heavy atom. The molecule has 0 saturated heterocycles. The third-order valence-corrected chi connectivity index (χ3v) is 3.22. The normalized spacial score (nSPS) is 10.9. The Balaban J connectivity index is 2.13. The van der Waals surface area contributed by atoms with E-state index in [0.717, 1.165) is 37.7 Å². The van der Waals surface area contributed by atoms with Crippen molar-refractivity contribution in [1.29, 1.82) is 0 Å². The quantitative estimate of drug-likeness (QED) is 0.807. The fraction of sp³-hybridized carbons (Fsp3) is 0.467. The number of hydrogen-bond donors (Lipinski definition) is 1. The summed E-state index contributed by atoms with van der Waals surface area (Å²) in [5.41, 5.74) is 2.71. The fourth-order valence-electron chi connectivity index (χ4n) is 2.23. The predicted molar refractivity (Wildman–Crippen MR) is 77.3 cm³/mol. The maximum atomic E-state index is 4.43. The van der Waals surface area contributed by atoms with E-state index in [1.807, 2.05) is 18.5 Å². The Labute approximate surface area is 114 Å². The highest BCUT2D eigenvalue weighted by molar-refractivity contribution is 5.27. The van der Waals surface area contributed by atoms with Crippen LogP contribution in [0.25, 0.3) is 0 Å². The van der Waals surface area contributed by atoms with E-state index in [4.69, 9.17) is 0 Å². The third-order valence-electron chi connectivity index (χ3n) is 3.22. The average molecular weight is 258 g/mol. The topological polar surface area (TPSA) is 42.7 Å². The third kappa shape index (κ3) is 3.64. The Bertz CT molecular complexity index is 531. The molecule has 0 bridgehead atoms. The van der Waals surface area contributed by atoms with Crippen LogP contribution in [0.3, 0.4) is 0 Å². The lowest BCUT2D eigenvalue weighted by Gasteiger charge is -2.10. The molecule has 0 saturated carbocycles. The highest BCUT2D eigenvalue weighted by atomic mass is 15.3. The van der Waals surface area contributed by atoms with E-state index in [1.54, 1.807) is 0 Å². The Kier molecular flexibility index (Phi) is 4.68. The fourth-order valence-corrected chi connectivity index (χ4v) is 2.23. The van der Waals surface area contributed by atoms with E-state index in [-0.39, 0.29) is 0 Å². The molecular weight excluding hydrogens is 236 g/mol. The maximum Gasteiger partial charge on any atom is 0.147 e. The van der Waals surface area contributed by atoms with Crippen LogP contribution in [0.15, 0.2) is 24.3 Å². The zero-order chi connectivity index (χ0) is 13.7. The number of hydrogen-bond acceptors (Lipinski definition) is 3. The second-order valence-electron chi connectivity index (χ2n) is 4.74. The van der Waals surface area contributed by atoms with Gasteiger partial charge < -0.3 is 5.32 Å². The zero-order valence-electron chi connectivity index (χ0n) is 12.0. The molecule has 0 spiro atoms. The van der Waals surface area contributed by atoms with Gasteiger partial charge in [0.15, 0.2) is 0 Å². The first-order chi connectivity index (χ1) is 9.20. The average Bonchev–Trinajstić information content (AvgIpc) is 2.70. The van der Waals surface area contributed by atoms with Crippen LogP contribution >= 0.6 is 0 Å². The van der Waals surface area contributed by atoms with E-state index in [9.17, 15) is 0 Å². The Morgan fingerprint density at radius 3 is 2.53 bits per heavy atom. The van der Waals surface area contributed by atoms with Crippen molar-refractivity contribution in [2.75, 3.05) is 13.1 Å². The summed E-state index contributed by atoms with van der Waals surface area (Å²) in [4.78, 5) is 4.35. The van der Waals surface area contributed by atoms with Crippen LogP contribution < -0.4 is 5.32 Å². The minimum Gasteiger partial charge on any atom is -0.317 e. The first kappa shape index (κ1) is 13.7. The lowest BCUT2D eigenvalue weighted by Crippen LogP contribution is -2.17. The molecular formula is C15H22N4. The van der Waals surface area contributed by atoms with Crippen LogP contribution in [0, 0.1) is 13.8 Å². The van der Waals surface area contributed by atoms with E-state index in [2.05, 4.69) is 46.6 Å². The highest BCUT2D eigenvalue weighted by Gasteiger charge is 2.06. The largest absolute Gasteiger partial charge is 0.317 e. The zero-order valence-corrected chi connectivity index (χ0v) is 12.0. The molecule has 4 nitrogen and oxygen atoms in total. The van der Waals surface area contributed by atoms with E-state index < -0.39 is 0 Å². The molecule has 1 N–H and O–H groups in total. The molecule has 1 aromatic carbocycles. The number of aryl methyl sites for hydroxylation is 2. The van der Waals surface area contributed by atoms with Gasteiger partial charge in [-0.15, -0.1) is 0 Å². The molecule has 19 heavy (non-hydrogen) atoms. The standard InChI is InChI=1S/C15H22N4/c1-4-16-10-9-14-7-5-6-8-15(14)11-19-13(3)17-12(2)18-19/h5-8,16H,4,9-11H2,1-3H3. The van der Waals surface area contributed by atoms with Crippen LogP contribution in [0.1, 0.15) is 29.7 Å². The molecule has 0 radical (unpaired) electrons. The number of benzene rings is 1. The van der Waals surface area contributed by atoms with Gasteiger partial charge in [-0.2, -0.15) is 5.10 Å². The summed E-state index contributed by atoms with van der Waals surface area (Å²) in [6, 6.07) is 8.57. The summed E-state index contributed by atoms with van der Waals surface area (Å²) in [5, 5.41) is 7.80. The van der Waals surface area contributed by atoms with Gasteiger partial charge in [0.2, 0.25) is 0 Å². The second-order valence-corrected chi connectivity index (χ2v) is 4.74. The molecule has 0 aliphatic rings. The number of nitrogens with one attached hydrogen (secondary N) is 1. The lowest BCUT2D eigenvalue weighted by atomic mass is 10.0. The van der Waals surface area contributed by atoms with Crippen LogP contribution in [0.5, 0.6) is 0 Å². The number of rotatable bonds is 6. The first-order valence-corrected chi connectivity index (χ1v) is 6.86. The van der Waals surface area contributed by atoms with Crippen molar-refractivity contribution < 1.29 is 0 Å². The van der Waals surface area contributed by atoms with Crippen LogP contribution in [-0.2, 0) is 13.0 Å². The summed E-state index contributed by atoms with van der Waals surface area (Å²) in [7, 11) is 0. The summed E-state index contributed by atoms with van der Waals surface area (Å²) >= 11 is 0. The summed E-state index contributed by atoms with van der Waals surface area (Å²) in [6.45, 7) is 8.90. The van der Waals surface area contributed by atoms with Crippen LogP contribution in [0.2, 0.25) is 0 Å². The highest BCUT2D eigenvalue weighted by Crippen LogP contribution is 2.12. The van der Waals surface area contributed by atoms with Crippen molar-refractivity contribution in [3.63, 3.8) is 0 Å². The van der Waals surface area contributed by atoms with Gasteiger partial charge in [-0.25, -0.2) is 9.67 Å². The van der Waals surface area contributed by atoms with E-state index in [1.165, 1.54) is 11.1 Å². The molecule has 4 heteroatoms. The first-order valence-electron chi connectivity index (χ1n) is 6.86. The van der Waals surface area contributed by atoms with Crippen molar-refractivity contribution in [3.8, 4) is 0 Å². The number of nitrogens with zero attached hydrogens (tertiary/aromatic N) is 3. The SMILES string of the molecule is CCNCCc1ccccc1Cn1nc(C)nc1C. The van der Waals surface area contributed by atoms with Gasteiger partial charge in [-0.3, -0.25) is 0 Å². The van der Waals surface area contributed by atoms with Crippen molar-refractivity contribution in [2.24, 2.45) is 0 Å². The van der Waals surface area contributed by atoms with E-state index in [0.29, 0.717) is 0 Å². The molecule has 2 aromatic rings. The van der Waals surface area contributed by atoms with Crippen LogP contribution in [-0.4, -0.2) is 27.9 Å². The van der Waals surface area contributed by atoms with Crippen LogP contribution in [0.4, 0.5) is 0 Å². The van der Waals surface area contributed by atoms with Crippen molar-refractivity contribution >= 4 is 0 Å². The lowest BCUT2D eigenvalue weighted by molar-refractivity contribution is 0.646. The molecule has 102 valence electrons. The second kappa shape index (κ2) is 6.48. The van der Waals surface area contributed by atoms with Gasteiger partial charge in [0.05, 0.1) is 6.54 Å². The Morgan fingerprint density at radius 1 is 1.16 bits per heavy atom. The van der Waals surface area contributed by atoms with Gasteiger partial charge in [0.25, 0.3) is 0 Å². The van der Waals surface area contributed by atoms with Crippen molar-refractivity contribution in [2.45, 2.75) is 33.7 Å². The number of likely N-dealkylation sites (N-methyl/N-ethyl adjacent to an activating group) is 1. The monoisotopic (exact) mass is 258 g/mol. The summed E-state index contributed by atoms with van der Waals surface area (Å²) in [5.74, 6) is 1.81. The van der Waals surface area contributed by atoms with Gasteiger partial charge in [0.1, 0.15) is 11.6 Å². The predicted octanol–water partition coefficient (Wildman–Crippen LogP) is 2.10. The smallest absolute Gasteiger partial charge is 0.147 e. The maximum absolute atomic E-state index is 4.43. The van der Waals surface area contributed by atoms with Gasteiger partial charge in [-0.05, 0) is 44.5 Å². The van der Waals surface area contributed by atoms with E-state index >= 15 is 0 Å². The summed E-state index contributed by atoms with van der Waals surface area (Å²) in [6.07, 6.45) is 1.05. The molecule has 2 rings (SSSR count). The molecule has 0 fully saturated rings. The van der Waals surface area contributed by atoms with Crippen molar-refractivity contribution in [3.05, 3.63) is 47.0 Å². The van der Waals surface area contributed by atoms with Crippen molar-refractivity contribution in [1.82, 2.24) is 20.1 Å². The minimum absolute atomic E-state index is 0.801. The molecule has 0 unspecified atom stereocenters. The summed E-state index contributed by atoms with van der Waals surface area (Å²) < 4.78 is 1.97. The molecule has 0 aliphatic heterocycles. The Hall–Kier alpha value is -1.68. The molecule has 0 atom stereocenters. The molecule has 0 amide bonds. The van der Waals surface area contributed by atoms with Gasteiger partial charge in [0, 0.05) is 0 Å². The molecule has 1 heterocycles. The van der Waals surface area contributed by atoms with Gasteiger partial charge >= 0.3 is 0 Å². The van der Waals surface area contributed by atoms with Gasteiger partial charge in [-0.1, -0.05) is 31.2 Å². The molecule has 1 aromatic heterocycles. The number of aromatic nitrogens is 3. The minimum atomic E-state index is 0.801.